The Bertz CT molecular complexity index is 1080. The third kappa shape index (κ3) is 5.98. The molecule has 0 saturated heterocycles. The number of benzene rings is 2. The minimum atomic E-state index is -5.11. The first-order chi connectivity index (χ1) is 16.5. The Hall–Kier alpha value is -3.12. The van der Waals surface area contributed by atoms with Gasteiger partial charge in [-0.1, -0.05) is 6.92 Å². The first-order valence-corrected chi connectivity index (χ1v) is 10.6. The number of hydrogen-bond donors (Lipinski definition) is 1. The normalized spacial score (nSPS) is 18.3. The fraction of sp³-hybridized carbons (Fsp3) is 0.435. The summed E-state index contributed by atoms with van der Waals surface area (Å²) in [5, 5.41) is 3.05. The van der Waals surface area contributed by atoms with Crippen LogP contribution in [0.15, 0.2) is 36.4 Å². The van der Waals surface area contributed by atoms with E-state index < -0.39 is 59.5 Å². The predicted octanol–water partition coefficient (Wildman–Crippen LogP) is 7.65. The number of rotatable bonds is 4. The Kier molecular flexibility index (Phi) is 7.43. The van der Waals surface area contributed by atoms with Crippen LogP contribution in [0.25, 0.3) is 0 Å². The molecule has 13 heteroatoms. The van der Waals surface area contributed by atoms with Crippen LogP contribution < -0.4 is 5.32 Å². The summed E-state index contributed by atoms with van der Waals surface area (Å²) in [4.78, 5) is 13.5. The SMILES string of the molecule is CCC1CC(N(Cc2cc(C(F)(F)F)cc(C(F)(F)F)c2)C(=O)OC)c2cc(C(F)(F)F)ccc2N1. The molecule has 3 rings (SSSR count). The largest absolute Gasteiger partial charge is 0.453 e. The first-order valence-electron chi connectivity index (χ1n) is 10.6. The van der Waals surface area contributed by atoms with Gasteiger partial charge in [0.15, 0.2) is 0 Å². The van der Waals surface area contributed by atoms with Gasteiger partial charge in [0, 0.05) is 18.3 Å². The predicted molar refractivity (Wildman–Crippen MR) is 111 cm³/mol. The molecule has 198 valence electrons. The molecular weight excluding hydrogens is 507 g/mol. The number of ether oxygens (including phenoxy) is 1. The molecule has 4 nitrogen and oxygen atoms in total. The highest BCUT2D eigenvalue weighted by molar-refractivity contribution is 5.70. The van der Waals surface area contributed by atoms with E-state index in [0.29, 0.717) is 18.6 Å². The maximum atomic E-state index is 13.4. The van der Waals surface area contributed by atoms with Crippen molar-refractivity contribution in [2.24, 2.45) is 0 Å². The van der Waals surface area contributed by atoms with Crippen molar-refractivity contribution < 1.29 is 49.0 Å². The van der Waals surface area contributed by atoms with E-state index >= 15 is 0 Å². The molecule has 0 aliphatic carbocycles. The van der Waals surface area contributed by atoms with Gasteiger partial charge < -0.3 is 10.1 Å². The van der Waals surface area contributed by atoms with Crippen LogP contribution in [0.5, 0.6) is 0 Å². The zero-order valence-electron chi connectivity index (χ0n) is 18.9. The van der Waals surface area contributed by atoms with Crippen LogP contribution in [0.3, 0.4) is 0 Å². The second kappa shape index (κ2) is 9.74. The number of fused-ring (bicyclic) bond motifs is 1. The van der Waals surface area contributed by atoms with E-state index in [0.717, 1.165) is 24.1 Å². The molecule has 1 heterocycles. The fourth-order valence-electron chi connectivity index (χ4n) is 4.11. The molecule has 1 aliphatic heterocycles. The summed E-state index contributed by atoms with van der Waals surface area (Å²) < 4.78 is 125. The van der Waals surface area contributed by atoms with Gasteiger partial charge in [0.1, 0.15) is 0 Å². The second-order valence-corrected chi connectivity index (χ2v) is 8.31. The molecule has 2 atom stereocenters. The number of halogens is 9. The van der Waals surface area contributed by atoms with Crippen molar-refractivity contribution in [1.82, 2.24) is 4.90 Å². The molecule has 1 aliphatic rings. The molecular formula is C23H21F9N2O2. The molecule has 2 aromatic carbocycles. The van der Waals surface area contributed by atoms with Gasteiger partial charge in [-0.15, -0.1) is 0 Å². The van der Waals surface area contributed by atoms with Gasteiger partial charge in [0.2, 0.25) is 0 Å². The maximum absolute atomic E-state index is 13.4. The number of nitrogens with one attached hydrogen (secondary N) is 1. The van der Waals surface area contributed by atoms with Gasteiger partial charge in [-0.25, -0.2) is 4.79 Å². The smallest absolute Gasteiger partial charge is 0.416 e. The topological polar surface area (TPSA) is 41.6 Å². The van der Waals surface area contributed by atoms with Crippen molar-refractivity contribution in [3.63, 3.8) is 0 Å². The highest BCUT2D eigenvalue weighted by Gasteiger charge is 2.39. The summed E-state index contributed by atoms with van der Waals surface area (Å²) >= 11 is 0. The summed E-state index contributed by atoms with van der Waals surface area (Å²) in [7, 11) is 0.952. The standard InChI is InChI=1S/C23H21F9N2O2/c1-3-16-10-19(17-9-13(21(24,25)26)4-5-18(17)33-16)34(20(35)36-2)11-12-6-14(22(27,28)29)8-15(7-12)23(30,31)32/h4-9,16,19,33H,3,10-11H2,1-2H3. The molecule has 36 heavy (non-hydrogen) atoms. The van der Waals surface area contributed by atoms with Crippen molar-refractivity contribution in [2.75, 3.05) is 12.4 Å². The number of anilines is 1. The minimum Gasteiger partial charge on any atom is -0.453 e. The van der Waals surface area contributed by atoms with Gasteiger partial charge in [-0.2, -0.15) is 39.5 Å². The molecule has 0 saturated carbocycles. The lowest BCUT2D eigenvalue weighted by Gasteiger charge is -2.39. The van der Waals surface area contributed by atoms with E-state index in [4.69, 9.17) is 4.74 Å². The van der Waals surface area contributed by atoms with Gasteiger partial charge in [-0.05, 0) is 60.4 Å². The number of carbonyl (C=O) groups is 1. The lowest BCUT2D eigenvalue weighted by Crippen LogP contribution is -2.40. The summed E-state index contributed by atoms with van der Waals surface area (Å²) in [6.45, 7) is 1.01. The number of carbonyl (C=O) groups excluding carboxylic acids is 1. The van der Waals surface area contributed by atoms with E-state index in [9.17, 15) is 44.3 Å². The lowest BCUT2D eigenvalue weighted by atomic mass is 9.89. The number of methoxy groups -OCH3 is 1. The third-order valence-corrected chi connectivity index (χ3v) is 5.88. The van der Waals surface area contributed by atoms with E-state index in [2.05, 4.69) is 5.32 Å². The van der Waals surface area contributed by atoms with Crippen LogP contribution in [0, 0.1) is 0 Å². The number of hydrogen-bond acceptors (Lipinski definition) is 3. The molecule has 1 N–H and O–H groups in total. The zero-order chi connectivity index (χ0) is 27.1. The monoisotopic (exact) mass is 528 g/mol. The molecule has 0 spiro atoms. The quantitative estimate of drug-likeness (QED) is 0.415. The zero-order valence-corrected chi connectivity index (χ0v) is 18.9. The lowest BCUT2D eigenvalue weighted by molar-refractivity contribution is -0.143. The number of alkyl halides is 9. The van der Waals surface area contributed by atoms with Crippen LogP contribution in [0.4, 0.5) is 50.0 Å². The van der Waals surface area contributed by atoms with Crippen LogP contribution in [-0.4, -0.2) is 24.1 Å². The number of amides is 1. The van der Waals surface area contributed by atoms with Crippen molar-refractivity contribution in [3.8, 4) is 0 Å². The molecule has 0 aromatic heterocycles. The Labute approximate surface area is 200 Å². The van der Waals surface area contributed by atoms with E-state index in [-0.39, 0.29) is 29.8 Å². The van der Waals surface area contributed by atoms with Gasteiger partial charge in [0.25, 0.3) is 0 Å². The highest BCUT2D eigenvalue weighted by Crippen LogP contribution is 2.43. The third-order valence-electron chi connectivity index (χ3n) is 5.88. The summed E-state index contributed by atoms with van der Waals surface area (Å²) in [5.74, 6) is 0. The van der Waals surface area contributed by atoms with Crippen molar-refractivity contribution in [3.05, 3.63) is 64.2 Å². The average Bonchev–Trinajstić information content (AvgIpc) is 2.79. The van der Waals surface area contributed by atoms with Crippen LogP contribution >= 0.6 is 0 Å². The van der Waals surface area contributed by atoms with Crippen LogP contribution in [0.1, 0.15) is 53.6 Å². The van der Waals surface area contributed by atoms with Gasteiger partial charge in [-0.3, -0.25) is 4.90 Å². The molecule has 2 unspecified atom stereocenters. The van der Waals surface area contributed by atoms with Crippen molar-refractivity contribution >= 4 is 11.8 Å². The Balaban J connectivity index is 2.13. The van der Waals surface area contributed by atoms with Crippen LogP contribution in [-0.2, 0) is 29.8 Å². The van der Waals surface area contributed by atoms with E-state index in [1.54, 1.807) is 6.92 Å². The van der Waals surface area contributed by atoms with Crippen molar-refractivity contribution in [2.45, 2.75) is 56.9 Å². The first kappa shape index (κ1) is 27.5. The Morgan fingerprint density at radius 3 is 1.94 bits per heavy atom. The van der Waals surface area contributed by atoms with E-state index in [1.807, 2.05) is 0 Å². The molecule has 0 radical (unpaired) electrons. The van der Waals surface area contributed by atoms with E-state index in [1.165, 1.54) is 6.07 Å². The Morgan fingerprint density at radius 1 is 0.917 bits per heavy atom. The molecule has 1 amide bonds. The van der Waals surface area contributed by atoms with Gasteiger partial charge >= 0.3 is 24.6 Å². The average molecular weight is 528 g/mol. The summed E-state index contributed by atoms with van der Waals surface area (Å²) in [6, 6.07) is 2.26. The molecule has 0 fully saturated rings. The van der Waals surface area contributed by atoms with Crippen LogP contribution in [0.2, 0.25) is 0 Å². The summed E-state index contributed by atoms with van der Waals surface area (Å²) in [6.07, 6.45) is -15.5. The molecule has 2 aromatic rings. The van der Waals surface area contributed by atoms with Gasteiger partial charge in [0.05, 0.1) is 29.8 Å². The maximum Gasteiger partial charge on any atom is 0.416 e. The second-order valence-electron chi connectivity index (χ2n) is 8.31. The fourth-order valence-corrected chi connectivity index (χ4v) is 4.11. The summed E-state index contributed by atoms with van der Waals surface area (Å²) in [5.41, 5.74) is -4.40. The highest BCUT2D eigenvalue weighted by atomic mass is 19.4. The number of nitrogens with zero attached hydrogens (tertiary/aromatic N) is 1. The Morgan fingerprint density at radius 2 is 1.47 bits per heavy atom. The minimum absolute atomic E-state index is 0.0166. The molecule has 0 bridgehead atoms. The van der Waals surface area contributed by atoms with Crippen molar-refractivity contribution in [1.29, 1.82) is 0 Å².